The van der Waals surface area contributed by atoms with Crippen LogP contribution in [0.3, 0.4) is 0 Å². The van der Waals surface area contributed by atoms with Gasteiger partial charge in [0.25, 0.3) is 0 Å². The monoisotopic (exact) mass is 186 g/mol. The predicted octanol–water partition coefficient (Wildman–Crippen LogP) is 1.80. The van der Waals surface area contributed by atoms with Crippen LogP contribution in [0.4, 0.5) is 0 Å². The summed E-state index contributed by atoms with van der Waals surface area (Å²) in [7, 11) is 0. The van der Waals surface area contributed by atoms with Gasteiger partial charge in [-0.1, -0.05) is 13.8 Å². The minimum absolute atomic E-state index is 0.0269. The van der Waals surface area contributed by atoms with Crippen molar-refractivity contribution in [3.05, 3.63) is 0 Å². The van der Waals surface area contributed by atoms with Crippen LogP contribution >= 0.6 is 0 Å². The van der Waals surface area contributed by atoms with Crippen LogP contribution in [0.2, 0.25) is 0 Å². The molecule has 0 aliphatic heterocycles. The maximum atomic E-state index is 11.5. The molecule has 13 heavy (non-hydrogen) atoms. The van der Waals surface area contributed by atoms with Gasteiger partial charge in [0.15, 0.2) is 0 Å². The van der Waals surface area contributed by atoms with Gasteiger partial charge in [0.05, 0.1) is 6.61 Å². The van der Waals surface area contributed by atoms with Crippen LogP contribution in [0.25, 0.3) is 0 Å². The molecule has 0 aromatic carbocycles. The van der Waals surface area contributed by atoms with Crippen molar-refractivity contribution in [2.24, 2.45) is 11.8 Å². The summed E-state index contributed by atoms with van der Waals surface area (Å²) in [6, 6.07) is 0. The van der Waals surface area contributed by atoms with Crippen molar-refractivity contribution >= 4 is 11.8 Å². The normalized spacial score (nSPS) is 14.8. The molecule has 0 amide bonds. The molecular formula is C10H18O3. The third-order valence-electron chi connectivity index (χ3n) is 2.17. The fourth-order valence-corrected chi connectivity index (χ4v) is 1.01. The van der Waals surface area contributed by atoms with Gasteiger partial charge in [-0.25, -0.2) is 0 Å². The largest absolute Gasteiger partial charge is 0.465 e. The molecule has 0 spiro atoms. The number of carbonyl (C=O) groups excluding carboxylic acids is 2. The molecule has 0 saturated carbocycles. The average Bonchev–Trinajstić information content (AvgIpc) is 2.14. The van der Waals surface area contributed by atoms with Gasteiger partial charge in [0.2, 0.25) is 0 Å². The lowest BCUT2D eigenvalue weighted by Gasteiger charge is -2.13. The Labute approximate surface area is 79.5 Å². The smallest absolute Gasteiger partial charge is 0.316 e. The molecule has 0 radical (unpaired) electrons. The second-order valence-electron chi connectivity index (χ2n) is 3.19. The fraction of sp³-hybridized carbons (Fsp3) is 0.800. The first-order valence-corrected chi connectivity index (χ1v) is 4.74. The maximum Gasteiger partial charge on any atom is 0.316 e. The van der Waals surface area contributed by atoms with E-state index in [1.165, 1.54) is 0 Å². The van der Waals surface area contributed by atoms with Crippen LogP contribution in [0, 0.1) is 11.8 Å². The van der Waals surface area contributed by atoms with Gasteiger partial charge in [-0.3, -0.25) is 9.59 Å². The van der Waals surface area contributed by atoms with E-state index in [9.17, 15) is 9.59 Å². The summed E-state index contributed by atoms with van der Waals surface area (Å²) in [5.41, 5.74) is 0. The standard InChI is InChI=1S/C10H18O3/c1-5-7(3)9(11)8(4)10(12)13-6-2/h7-8H,5-6H2,1-4H3. The lowest BCUT2D eigenvalue weighted by molar-refractivity contribution is -0.151. The molecule has 76 valence electrons. The van der Waals surface area contributed by atoms with E-state index in [2.05, 4.69) is 0 Å². The van der Waals surface area contributed by atoms with Crippen molar-refractivity contribution in [2.45, 2.75) is 34.1 Å². The third kappa shape index (κ3) is 3.57. The second-order valence-corrected chi connectivity index (χ2v) is 3.19. The molecule has 0 aliphatic carbocycles. The zero-order valence-corrected chi connectivity index (χ0v) is 8.79. The number of esters is 1. The Morgan fingerprint density at radius 3 is 2.15 bits per heavy atom. The number of ketones is 1. The number of carbonyl (C=O) groups is 2. The molecule has 0 rings (SSSR count). The predicted molar refractivity (Wildman–Crippen MR) is 50.3 cm³/mol. The molecule has 0 N–H and O–H groups in total. The van der Waals surface area contributed by atoms with Crippen molar-refractivity contribution in [2.75, 3.05) is 6.61 Å². The summed E-state index contributed by atoms with van der Waals surface area (Å²) < 4.78 is 4.76. The topological polar surface area (TPSA) is 43.4 Å². The van der Waals surface area contributed by atoms with Gasteiger partial charge in [-0.2, -0.15) is 0 Å². The van der Waals surface area contributed by atoms with E-state index in [1.807, 2.05) is 13.8 Å². The molecule has 2 unspecified atom stereocenters. The number of hydrogen-bond donors (Lipinski definition) is 0. The second kappa shape index (κ2) is 5.73. The van der Waals surface area contributed by atoms with E-state index < -0.39 is 11.9 Å². The van der Waals surface area contributed by atoms with E-state index >= 15 is 0 Å². The zero-order valence-electron chi connectivity index (χ0n) is 8.79. The van der Waals surface area contributed by atoms with E-state index in [0.29, 0.717) is 6.61 Å². The van der Waals surface area contributed by atoms with Gasteiger partial charge in [0.1, 0.15) is 11.7 Å². The van der Waals surface area contributed by atoms with Gasteiger partial charge in [-0.05, 0) is 20.3 Å². The Bertz CT molecular complexity index is 187. The minimum Gasteiger partial charge on any atom is -0.465 e. The third-order valence-corrected chi connectivity index (χ3v) is 2.17. The van der Waals surface area contributed by atoms with Crippen molar-refractivity contribution in [1.29, 1.82) is 0 Å². The molecule has 0 heterocycles. The Kier molecular flexibility index (Phi) is 5.35. The Morgan fingerprint density at radius 2 is 1.77 bits per heavy atom. The van der Waals surface area contributed by atoms with Gasteiger partial charge < -0.3 is 4.74 Å². The number of Topliss-reactive ketones (excluding diaryl/α,β-unsaturated/α-hetero) is 1. The van der Waals surface area contributed by atoms with Crippen LogP contribution in [0.15, 0.2) is 0 Å². The minimum atomic E-state index is -0.616. The first-order chi connectivity index (χ1) is 6.04. The first kappa shape index (κ1) is 12.1. The zero-order chi connectivity index (χ0) is 10.4. The van der Waals surface area contributed by atoms with E-state index in [1.54, 1.807) is 13.8 Å². The highest BCUT2D eigenvalue weighted by atomic mass is 16.5. The highest BCUT2D eigenvalue weighted by Gasteiger charge is 2.25. The molecule has 0 bridgehead atoms. The number of rotatable bonds is 5. The fourth-order valence-electron chi connectivity index (χ4n) is 1.01. The van der Waals surface area contributed by atoms with Crippen molar-refractivity contribution in [1.82, 2.24) is 0 Å². The van der Waals surface area contributed by atoms with Crippen LogP contribution in [0.5, 0.6) is 0 Å². The lowest BCUT2D eigenvalue weighted by atomic mass is 9.94. The SMILES string of the molecule is CCOC(=O)C(C)C(=O)C(C)CC. The number of hydrogen-bond acceptors (Lipinski definition) is 3. The van der Waals surface area contributed by atoms with Crippen molar-refractivity contribution in [3.8, 4) is 0 Å². The number of ether oxygens (including phenoxy) is 1. The van der Waals surface area contributed by atoms with Crippen molar-refractivity contribution < 1.29 is 14.3 Å². The molecular weight excluding hydrogens is 168 g/mol. The molecule has 3 heteroatoms. The Hall–Kier alpha value is -0.860. The summed E-state index contributed by atoms with van der Waals surface area (Å²) in [5.74, 6) is -1.11. The summed E-state index contributed by atoms with van der Waals surface area (Å²) >= 11 is 0. The highest BCUT2D eigenvalue weighted by Crippen LogP contribution is 2.11. The van der Waals surface area contributed by atoms with Crippen LogP contribution < -0.4 is 0 Å². The lowest BCUT2D eigenvalue weighted by Crippen LogP contribution is -2.27. The molecule has 0 aliphatic rings. The van der Waals surface area contributed by atoms with E-state index in [-0.39, 0.29) is 11.7 Å². The molecule has 2 atom stereocenters. The molecule has 0 fully saturated rings. The summed E-state index contributed by atoms with van der Waals surface area (Å²) in [5, 5.41) is 0. The highest BCUT2D eigenvalue weighted by molar-refractivity contribution is 5.99. The Balaban J connectivity index is 4.16. The summed E-state index contributed by atoms with van der Waals surface area (Å²) in [6.45, 7) is 7.43. The van der Waals surface area contributed by atoms with Gasteiger partial charge >= 0.3 is 5.97 Å². The Morgan fingerprint density at radius 1 is 1.23 bits per heavy atom. The average molecular weight is 186 g/mol. The quantitative estimate of drug-likeness (QED) is 0.485. The van der Waals surface area contributed by atoms with Crippen LogP contribution in [-0.2, 0) is 14.3 Å². The van der Waals surface area contributed by atoms with Crippen LogP contribution in [-0.4, -0.2) is 18.4 Å². The van der Waals surface area contributed by atoms with Crippen LogP contribution in [0.1, 0.15) is 34.1 Å². The van der Waals surface area contributed by atoms with Crippen molar-refractivity contribution in [3.63, 3.8) is 0 Å². The maximum absolute atomic E-state index is 11.5. The van der Waals surface area contributed by atoms with E-state index in [4.69, 9.17) is 4.74 Å². The van der Waals surface area contributed by atoms with Gasteiger partial charge in [0, 0.05) is 5.92 Å². The van der Waals surface area contributed by atoms with Gasteiger partial charge in [-0.15, -0.1) is 0 Å². The molecule has 3 nitrogen and oxygen atoms in total. The summed E-state index contributed by atoms with van der Waals surface area (Å²) in [6.07, 6.45) is 0.766. The summed E-state index contributed by atoms with van der Waals surface area (Å²) in [4.78, 5) is 22.7. The molecule has 0 aromatic rings. The molecule has 0 saturated heterocycles. The first-order valence-electron chi connectivity index (χ1n) is 4.74. The molecule has 0 aromatic heterocycles. The van der Waals surface area contributed by atoms with E-state index in [0.717, 1.165) is 6.42 Å².